The van der Waals surface area contributed by atoms with Crippen LogP contribution in [0.4, 0.5) is 5.69 Å². The minimum Gasteiger partial charge on any atom is -0.497 e. The lowest BCUT2D eigenvalue weighted by Crippen LogP contribution is -2.30. The van der Waals surface area contributed by atoms with Crippen molar-refractivity contribution in [1.29, 1.82) is 0 Å². The smallest absolute Gasteiger partial charge is 0.306 e. The summed E-state index contributed by atoms with van der Waals surface area (Å²) >= 11 is 0. The van der Waals surface area contributed by atoms with E-state index in [0.717, 1.165) is 5.56 Å². The van der Waals surface area contributed by atoms with Gasteiger partial charge in [0.2, 0.25) is 10.0 Å². The third-order valence-electron chi connectivity index (χ3n) is 4.62. The van der Waals surface area contributed by atoms with Crippen molar-refractivity contribution >= 4 is 27.6 Å². The monoisotopic (exact) mass is 448 g/mol. The molecule has 0 saturated carbocycles. The zero-order valence-electron chi connectivity index (χ0n) is 18.0. The molecule has 0 atom stereocenters. The number of nitrogens with zero attached hydrogens (tertiary/aromatic N) is 1. The number of benzene rings is 2. The summed E-state index contributed by atoms with van der Waals surface area (Å²) in [6.07, 6.45) is 0.461. The van der Waals surface area contributed by atoms with Crippen LogP contribution in [0.25, 0.3) is 0 Å². The molecule has 2 aromatic rings. The van der Waals surface area contributed by atoms with Gasteiger partial charge in [0.15, 0.2) is 6.61 Å². The van der Waals surface area contributed by atoms with Crippen LogP contribution in [0.3, 0.4) is 0 Å². The third kappa shape index (κ3) is 7.08. The van der Waals surface area contributed by atoms with Crippen LogP contribution in [0.1, 0.15) is 25.8 Å². The van der Waals surface area contributed by atoms with Crippen molar-refractivity contribution in [2.75, 3.05) is 32.1 Å². The summed E-state index contributed by atoms with van der Waals surface area (Å²) in [6.45, 7) is 4.00. The Labute approximate surface area is 183 Å². The van der Waals surface area contributed by atoms with E-state index in [1.54, 1.807) is 57.4 Å². The number of sulfonamides is 1. The molecular weight excluding hydrogens is 420 g/mol. The molecule has 0 heterocycles. The molecule has 9 heteroatoms. The van der Waals surface area contributed by atoms with E-state index in [0.29, 0.717) is 30.9 Å². The lowest BCUT2D eigenvalue weighted by atomic mass is 10.1. The zero-order chi connectivity index (χ0) is 22.9. The molecule has 0 radical (unpaired) electrons. The van der Waals surface area contributed by atoms with Crippen molar-refractivity contribution in [3.63, 3.8) is 0 Å². The van der Waals surface area contributed by atoms with Gasteiger partial charge in [0.1, 0.15) is 5.75 Å². The second-order valence-corrected chi connectivity index (χ2v) is 8.61. The molecule has 1 amide bonds. The van der Waals surface area contributed by atoms with Gasteiger partial charge in [-0.25, -0.2) is 8.42 Å². The van der Waals surface area contributed by atoms with Gasteiger partial charge in [-0.05, 0) is 48.4 Å². The molecule has 0 saturated heterocycles. The predicted molar refractivity (Wildman–Crippen MR) is 117 cm³/mol. The van der Waals surface area contributed by atoms with Crippen molar-refractivity contribution in [2.45, 2.75) is 31.6 Å². The SMILES string of the molecule is CCN(CC)S(=O)(=O)c1ccc(CCC(=O)OCC(=O)Nc2ccc(OC)cc2)cc1. The number of carbonyl (C=O) groups is 2. The number of anilines is 1. The van der Waals surface area contributed by atoms with Gasteiger partial charge in [-0.3, -0.25) is 9.59 Å². The Morgan fingerprint density at radius 3 is 2.13 bits per heavy atom. The Bertz CT molecular complexity index is 968. The number of carbonyl (C=O) groups excluding carboxylic acids is 2. The highest BCUT2D eigenvalue weighted by Gasteiger charge is 2.21. The van der Waals surface area contributed by atoms with Crippen molar-refractivity contribution < 1.29 is 27.5 Å². The highest BCUT2D eigenvalue weighted by atomic mass is 32.2. The standard InChI is InChI=1S/C22H28N2O6S/c1-4-24(5-2)31(27,28)20-13-6-17(7-14-20)8-15-22(26)30-16-21(25)23-18-9-11-19(29-3)12-10-18/h6-7,9-14H,4-5,8,15-16H2,1-3H3,(H,23,25). The number of amides is 1. The average molecular weight is 449 g/mol. The molecule has 0 aliphatic rings. The number of nitrogens with one attached hydrogen (secondary N) is 1. The summed E-state index contributed by atoms with van der Waals surface area (Å²) in [7, 11) is -1.96. The van der Waals surface area contributed by atoms with Crippen LogP contribution >= 0.6 is 0 Å². The molecule has 0 aliphatic carbocycles. The highest BCUT2D eigenvalue weighted by Crippen LogP contribution is 2.17. The Morgan fingerprint density at radius 1 is 0.968 bits per heavy atom. The minimum absolute atomic E-state index is 0.0813. The van der Waals surface area contributed by atoms with Crippen LogP contribution in [0, 0.1) is 0 Å². The van der Waals surface area contributed by atoms with Crippen LogP contribution < -0.4 is 10.1 Å². The second kappa shape index (κ2) is 11.5. The molecule has 0 aliphatic heterocycles. The lowest BCUT2D eigenvalue weighted by molar-refractivity contribution is -0.147. The number of esters is 1. The minimum atomic E-state index is -3.51. The number of methoxy groups -OCH3 is 1. The van der Waals surface area contributed by atoms with Crippen molar-refractivity contribution in [3.8, 4) is 5.75 Å². The van der Waals surface area contributed by atoms with Gasteiger partial charge in [0, 0.05) is 25.2 Å². The van der Waals surface area contributed by atoms with E-state index in [9.17, 15) is 18.0 Å². The largest absolute Gasteiger partial charge is 0.497 e. The zero-order valence-corrected chi connectivity index (χ0v) is 18.8. The highest BCUT2D eigenvalue weighted by molar-refractivity contribution is 7.89. The first-order chi connectivity index (χ1) is 14.8. The molecule has 0 aromatic heterocycles. The van der Waals surface area contributed by atoms with Crippen LogP contribution in [-0.4, -0.2) is 51.4 Å². The molecular formula is C22H28N2O6S. The summed E-state index contributed by atoms with van der Waals surface area (Å²) in [5.41, 5.74) is 1.37. The molecule has 168 valence electrons. The maximum atomic E-state index is 12.5. The van der Waals surface area contributed by atoms with Crippen LogP contribution in [0.5, 0.6) is 5.75 Å². The topological polar surface area (TPSA) is 102 Å². The molecule has 0 fully saturated rings. The van der Waals surface area contributed by atoms with Gasteiger partial charge in [-0.2, -0.15) is 4.31 Å². The Hall–Kier alpha value is -2.91. The summed E-state index contributed by atoms with van der Waals surface area (Å²) in [5.74, 6) is -0.280. The first kappa shape index (κ1) is 24.4. The first-order valence-corrected chi connectivity index (χ1v) is 11.4. The fraction of sp³-hybridized carbons (Fsp3) is 0.364. The number of rotatable bonds is 11. The van der Waals surface area contributed by atoms with E-state index in [2.05, 4.69) is 5.32 Å². The summed E-state index contributed by atoms with van der Waals surface area (Å²) in [6, 6.07) is 13.2. The van der Waals surface area contributed by atoms with Crippen molar-refractivity contribution in [3.05, 3.63) is 54.1 Å². The van der Waals surface area contributed by atoms with Crippen LogP contribution in [0.15, 0.2) is 53.4 Å². The molecule has 0 unspecified atom stereocenters. The average Bonchev–Trinajstić information content (AvgIpc) is 2.77. The maximum absolute atomic E-state index is 12.5. The van der Waals surface area contributed by atoms with E-state index in [-0.39, 0.29) is 17.9 Å². The predicted octanol–water partition coefficient (Wildman–Crippen LogP) is 2.84. The normalized spacial score (nSPS) is 11.2. The van der Waals surface area contributed by atoms with E-state index < -0.39 is 21.9 Å². The van der Waals surface area contributed by atoms with E-state index in [4.69, 9.17) is 9.47 Å². The Morgan fingerprint density at radius 2 is 1.58 bits per heavy atom. The third-order valence-corrected chi connectivity index (χ3v) is 6.69. The quantitative estimate of drug-likeness (QED) is 0.531. The number of hydrogen-bond donors (Lipinski definition) is 1. The van der Waals surface area contributed by atoms with Crippen LogP contribution in [-0.2, 0) is 30.8 Å². The molecule has 8 nitrogen and oxygen atoms in total. The number of hydrogen-bond acceptors (Lipinski definition) is 6. The number of aryl methyl sites for hydroxylation is 1. The van der Waals surface area contributed by atoms with Crippen molar-refractivity contribution in [2.24, 2.45) is 0 Å². The molecule has 31 heavy (non-hydrogen) atoms. The second-order valence-electron chi connectivity index (χ2n) is 6.67. The van der Waals surface area contributed by atoms with Crippen LogP contribution in [0.2, 0.25) is 0 Å². The summed E-state index contributed by atoms with van der Waals surface area (Å²) in [4.78, 5) is 24.0. The Kier molecular flexibility index (Phi) is 9.02. The van der Waals surface area contributed by atoms with Gasteiger partial charge in [-0.1, -0.05) is 26.0 Å². The lowest BCUT2D eigenvalue weighted by Gasteiger charge is -2.18. The van der Waals surface area contributed by atoms with E-state index in [1.165, 1.54) is 16.4 Å². The van der Waals surface area contributed by atoms with Gasteiger partial charge < -0.3 is 14.8 Å². The molecule has 0 spiro atoms. The number of ether oxygens (including phenoxy) is 2. The molecule has 0 bridgehead atoms. The first-order valence-electron chi connectivity index (χ1n) is 9.98. The van der Waals surface area contributed by atoms with Gasteiger partial charge >= 0.3 is 5.97 Å². The molecule has 2 aromatic carbocycles. The summed E-state index contributed by atoms with van der Waals surface area (Å²) < 4.78 is 36.4. The summed E-state index contributed by atoms with van der Waals surface area (Å²) in [5, 5.41) is 2.63. The molecule has 2 rings (SSSR count). The Balaban J connectivity index is 1.79. The van der Waals surface area contributed by atoms with Gasteiger partial charge in [-0.15, -0.1) is 0 Å². The van der Waals surface area contributed by atoms with Crippen molar-refractivity contribution in [1.82, 2.24) is 4.31 Å². The van der Waals surface area contributed by atoms with Gasteiger partial charge in [0.05, 0.1) is 12.0 Å². The van der Waals surface area contributed by atoms with E-state index >= 15 is 0 Å². The maximum Gasteiger partial charge on any atom is 0.306 e. The fourth-order valence-corrected chi connectivity index (χ4v) is 4.33. The fourth-order valence-electron chi connectivity index (χ4n) is 2.88. The van der Waals surface area contributed by atoms with E-state index in [1.807, 2.05) is 0 Å². The molecule has 1 N–H and O–H groups in total. The van der Waals surface area contributed by atoms with Gasteiger partial charge in [0.25, 0.3) is 5.91 Å².